The summed E-state index contributed by atoms with van der Waals surface area (Å²) in [5.74, 6) is 1.81. The van der Waals surface area contributed by atoms with Gasteiger partial charge < -0.3 is 15.4 Å². The Morgan fingerprint density at radius 1 is 1.21 bits per heavy atom. The minimum absolute atomic E-state index is 0.261. The first-order valence-corrected chi connectivity index (χ1v) is 10.4. The summed E-state index contributed by atoms with van der Waals surface area (Å²) in [7, 11) is 3.80. The van der Waals surface area contributed by atoms with Gasteiger partial charge in [-0.15, -0.1) is 0 Å². The molecule has 2 N–H and O–H groups in total. The van der Waals surface area contributed by atoms with Crippen LogP contribution in [0.15, 0.2) is 17.1 Å². The summed E-state index contributed by atoms with van der Waals surface area (Å²) in [4.78, 5) is 4.35. The number of ether oxygens (including phenoxy) is 1. The van der Waals surface area contributed by atoms with Gasteiger partial charge in [-0.05, 0) is 82.7 Å². The molecule has 6 heteroatoms. The molecule has 29 heavy (non-hydrogen) atoms. The molecule has 0 bridgehead atoms. The van der Waals surface area contributed by atoms with Gasteiger partial charge in [-0.3, -0.25) is 9.67 Å². The van der Waals surface area contributed by atoms with Gasteiger partial charge in [0.05, 0.1) is 12.3 Å². The molecule has 0 amide bonds. The lowest BCUT2D eigenvalue weighted by molar-refractivity contribution is 0.308. The van der Waals surface area contributed by atoms with Crippen molar-refractivity contribution in [3.8, 4) is 5.75 Å². The van der Waals surface area contributed by atoms with Crippen molar-refractivity contribution >= 4 is 5.96 Å². The van der Waals surface area contributed by atoms with Crippen molar-refractivity contribution in [1.82, 2.24) is 20.4 Å². The number of rotatable bonds is 8. The molecule has 0 aliphatic carbocycles. The molecule has 2 rings (SSSR count). The van der Waals surface area contributed by atoms with E-state index in [4.69, 9.17) is 4.74 Å². The molecule has 0 radical (unpaired) electrons. The molecule has 0 fully saturated rings. The second-order valence-corrected chi connectivity index (χ2v) is 7.93. The van der Waals surface area contributed by atoms with Crippen LogP contribution in [0.1, 0.15) is 47.0 Å². The van der Waals surface area contributed by atoms with Gasteiger partial charge in [0.2, 0.25) is 0 Å². The van der Waals surface area contributed by atoms with E-state index in [0.717, 1.165) is 36.8 Å². The van der Waals surface area contributed by atoms with E-state index in [2.05, 4.69) is 74.4 Å². The third-order valence-corrected chi connectivity index (χ3v) is 5.41. The van der Waals surface area contributed by atoms with Crippen molar-refractivity contribution in [2.24, 2.45) is 12.0 Å². The molecule has 0 aliphatic heterocycles. The maximum atomic E-state index is 5.99. The SMILES string of the molecule is CN=C(NCCCOc1cc(C)cc(C)c1C)NC(C)Cc1c(C)nn(C)c1C. The Morgan fingerprint density at radius 3 is 2.55 bits per heavy atom. The molecule has 0 aliphatic rings. The smallest absolute Gasteiger partial charge is 0.191 e. The second-order valence-electron chi connectivity index (χ2n) is 7.93. The predicted molar refractivity (Wildman–Crippen MR) is 121 cm³/mol. The van der Waals surface area contributed by atoms with E-state index in [9.17, 15) is 0 Å². The summed E-state index contributed by atoms with van der Waals surface area (Å²) in [5, 5.41) is 11.4. The van der Waals surface area contributed by atoms with Gasteiger partial charge in [0.25, 0.3) is 0 Å². The van der Waals surface area contributed by atoms with Gasteiger partial charge in [0, 0.05) is 32.4 Å². The topological polar surface area (TPSA) is 63.5 Å². The Hall–Kier alpha value is -2.50. The molecule has 0 spiro atoms. The van der Waals surface area contributed by atoms with Crippen molar-refractivity contribution in [3.63, 3.8) is 0 Å². The molecule has 1 heterocycles. The van der Waals surface area contributed by atoms with Crippen molar-refractivity contribution in [1.29, 1.82) is 0 Å². The van der Waals surface area contributed by atoms with Crippen LogP contribution in [0.4, 0.5) is 0 Å². The third-order valence-electron chi connectivity index (χ3n) is 5.41. The number of aromatic nitrogens is 2. The van der Waals surface area contributed by atoms with E-state index in [0.29, 0.717) is 6.61 Å². The van der Waals surface area contributed by atoms with E-state index in [1.807, 2.05) is 11.7 Å². The fraction of sp³-hybridized carbons (Fsp3) is 0.565. The number of guanidine groups is 1. The van der Waals surface area contributed by atoms with Crippen LogP contribution in [0.2, 0.25) is 0 Å². The maximum Gasteiger partial charge on any atom is 0.191 e. The zero-order valence-electron chi connectivity index (χ0n) is 19.3. The molecule has 2 aromatic rings. The number of nitrogens with one attached hydrogen (secondary N) is 2. The van der Waals surface area contributed by atoms with E-state index in [1.165, 1.54) is 27.9 Å². The summed E-state index contributed by atoms with van der Waals surface area (Å²) < 4.78 is 7.94. The Morgan fingerprint density at radius 2 is 1.93 bits per heavy atom. The summed E-state index contributed by atoms with van der Waals surface area (Å²) >= 11 is 0. The first-order chi connectivity index (χ1) is 13.7. The molecular weight excluding hydrogens is 362 g/mol. The monoisotopic (exact) mass is 399 g/mol. The highest BCUT2D eigenvalue weighted by Crippen LogP contribution is 2.23. The lowest BCUT2D eigenvalue weighted by Gasteiger charge is -2.18. The standard InChI is InChI=1S/C23H37N5O/c1-15-12-16(2)18(4)22(13-15)29-11-9-10-25-23(24-7)26-17(3)14-21-19(5)27-28(8)20(21)6/h12-13,17H,9-11,14H2,1-8H3,(H2,24,25,26). The van der Waals surface area contributed by atoms with Gasteiger partial charge in [0.1, 0.15) is 5.75 Å². The number of aliphatic imine (C=N–C) groups is 1. The Kier molecular flexibility index (Phi) is 8.11. The van der Waals surface area contributed by atoms with Crippen molar-refractivity contribution in [2.45, 2.75) is 60.4 Å². The van der Waals surface area contributed by atoms with Crippen molar-refractivity contribution in [2.75, 3.05) is 20.2 Å². The van der Waals surface area contributed by atoms with Gasteiger partial charge in [0.15, 0.2) is 5.96 Å². The normalized spacial score (nSPS) is 12.8. The Balaban J connectivity index is 1.76. The van der Waals surface area contributed by atoms with Gasteiger partial charge >= 0.3 is 0 Å². The van der Waals surface area contributed by atoms with E-state index in [-0.39, 0.29) is 6.04 Å². The average molecular weight is 400 g/mol. The van der Waals surface area contributed by atoms with E-state index < -0.39 is 0 Å². The largest absolute Gasteiger partial charge is 0.493 e. The lowest BCUT2D eigenvalue weighted by atomic mass is 10.1. The third kappa shape index (κ3) is 6.24. The number of hydrogen-bond donors (Lipinski definition) is 2. The van der Waals surface area contributed by atoms with Crippen LogP contribution < -0.4 is 15.4 Å². The van der Waals surface area contributed by atoms with Crippen LogP contribution in [0.5, 0.6) is 5.75 Å². The van der Waals surface area contributed by atoms with Crippen LogP contribution >= 0.6 is 0 Å². The summed E-state index contributed by atoms with van der Waals surface area (Å²) in [5.41, 5.74) is 7.35. The zero-order valence-corrected chi connectivity index (χ0v) is 19.3. The maximum absolute atomic E-state index is 5.99. The zero-order chi connectivity index (χ0) is 21.6. The molecule has 1 atom stereocenters. The first-order valence-electron chi connectivity index (χ1n) is 10.4. The first kappa shape index (κ1) is 22.8. The minimum atomic E-state index is 0.261. The van der Waals surface area contributed by atoms with Crippen LogP contribution in [-0.2, 0) is 13.5 Å². The predicted octanol–water partition coefficient (Wildman–Crippen LogP) is 3.53. The molecule has 1 unspecified atom stereocenters. The Labute approximate surface area is 175 Å². The molecule has 1 aromatic carbocycles. The Bertz CT molecular complexity index is 853. The highest BCUT2D eigenvalue weighted by Gasteiger charge is 2.14. The van der Waals surface area contributed by atoms with Gasteiger partial charge in [-0.2, -0.15) is 5.10 Å². The van der Waals surface area contributed by atoms with Crippen molar-refractivity contribution < 1.29 is 4.74 Å². The van der Waals surface area contributed by atoms with Crippen molar-refractivity contribution in [3.05, 3.63) is 45.8 Å². The van der Waals surface area contributed by atoms with E-state index >= 15 is 0 Å². The molecule has 1 aromatic heterocycles. The molecule has 0 saturated heterocycles. The summed E-state index contributed by atoms with van der Waals surface area (Å²) in [6.07, 6.45) is 1.82. The number of benzene rings is 1. The minimum Gasteiger partial charge on any atom is -0.493 e. The van der Waals surface area contributed by atoms with E-state index in [1.54, 1.807) is 7.05 Å². The number of aryl methyl sites for hydroxylation is 4. The second kappa shape index (κ2) is 10.3. The number of nitrogens with zero attached hydrogens (tertiary/aromatic N) is 3. The molecular formula is C23H37N5O. The van der Waals surface area contributed by atoms with Crippen LogP contribution in [0.25, 0.3) is 0 Å². The highest BCUT2D eigenvalue weighted by molar-refractivity contribution is 5.79. The average Bonchev–Trinajstić information content (AvgIpc) is 2.90. The lowest BCUT2D eigenvalue weighted by Crippen LogP contribution is -2.43. The van der Waals surface area contributed by atoms with Crippen LogP contribution in [0, 0.1) is 34.6 Å². The summed E-state index contributed by atoms with van der Waals surface area (Å²) in [6.45, 7) is 14.2. The molecule has 0 saturated carbocycles. The fourth-order valence-corrected chi connectivity index (χ4v) is 3.51. The molecule has 6 nitrogen and oxygen atoms in total. The van der Waals surface area contributed by atoms with Gasteiger partial charge in [-0.25, -0.2) is 0 Å². The fourth-order valence-electron chi connectivity index (χ4n) is 3.51. The van der Waals surface area contributed by atoms with Crippen LogP contribution in [-0.4, -0.2) is 42.0 Å². The number of hydrogen-bond acceptors (Lipinski definition) is 3. The van der Waals surface area contributed by atoms with Gasteiger partial charge in [-0.1, -0.05) is 6.07 Å². The summed E-state index contributed by atoms with van der Waals surface area (Å²) in [6, 6.07) is 4.56. The quantitative estimate of drug-likeness (QED) is 0.405. The van der Waals surface area contributed by atoms with Crippen LogP contribution in [0.3, 0.4) is 0 Å². The molecule has 160 valence electrons. The highest BCUT2D eigenvalue weighted by atomic mass is 16.5.